The second kappa shape index (κ2) is 6.69. The van der Waals surface area contributed by atoms with Crippen LogP contribution in [0.15, 0.2) is 46.9 Å². The van der Waals surface area contributed by atoms with Crippen LogP contribution in [-0.4, -0.2) is 17.3 Å². The quantitative estimate of drug-likeness (QED) is 0.448. The zero-order valence-corrected chi connectivity index (χ0v) is 12.9. The number of nitrogens with zero attached hydrogens (tertiary/aromatic N) is 1. The van der Waals surface area contributed by atoms with Gasteiger partial charge in [-0.25, -0.2) is 0 Å². The standard InChI is InChI=1S/C14H9BrClNO4/c15-10-3-1-2-9(6-10)13(18)8-21-14-5-4-11(17(19)20)7-12(14)16/h1-7H,8H2. The lowest BCUT2D eigenvalue weighted by Crippen LogP contribution is -2.11. The Balaban J connectivity index is 2.06. The van der Waals surface area contributed by atoms with Crippen LogP contribution in [0.4, 0.5) is 5.69 Å². The van der Waals surface area contributed by atoms with Crippen LogP contribution in [0.3, 0.4) is 0 Å². The minimum atomic E-state index is -0.553. The van der Waals surface area contributed by atoms with Crippen molar-refractivity contribution in [2.75, 3.05) is 6.61 Å². The molecule has 0 spiro atoms. The van der Waals surface area contributed by atoms with Gasteiger partial charge in [0.25, 0.3) is 5.69 Å². The van der Waals surface area contributed by atoms with Gasteiger partial charge < -0.3 is 4.74 Å². The van der Waals surface area contributed by atoms with Gasteiger partial charge in [0, 0.05) is 22.2 Å². The van der Waals surface area contributed by atoms with Crippen molar-refractivity contribution < 1.29 is 14.5 Å². The Bertz CT molecular complexity index is 705. The molecule has 0 aliphatic carbocycles. The van der Waals surface area contributed by atoms with Gasteiger partial charge in [0.1, 0.15) is 5.75 Å². The highest BCUT2D eigenvalue weighted by atomic mass is 79.9. The van der Waals surface area contributed by atoms with Crippen LogP contribution in [0.2, 0.25) is 5.02 Å². The smallest absolute Gasteiger partial charge is 0.271 e. The largest absolute Gasteiger partial charge is 0.484 e. The van der Waals surface area contributed by atoms with Crippen molar-refractivity contribution in [3.05, 3.63) is 67.6 Å². The average molecular weight is 371 g/mol. The van der Waals surface area contributed by atoms with Crippen molar-refractivity contribution in [2.24, 2.45) is 0 Å². The number of benzene rings is 2. The SMILES string of the molecule is O=C(COc1ccc([N+](=O)[O-])cc1Cl)c1cccc(Br)c1. The minimum Gasteiger partial charge on any atom is -0.484 e. The third kappa shape index (κ3) is 4.03. The molecule has 108 valence electrons. The lowest BCUT2D eigenvalue weighted by atomic mass is 10.1. The number of hydrogen-bond donors (Lipinski definition) is 0. The van der Waals surface area contributed by atoms with Crippen molar-refractivity contribution in [1.29, 1.82) is 0 Å². The van der Waals surface area contributed by atoms with Gasteiger partial charge in [-0.3, -0.25) is 14.9 Å². The van der Waals surface area contributed by atoms with Crippen LogP contribution in [0.1, 0.15) is 10.4 Å². The van der Waals surface area contributed by atoms with E-state index in [2.05, 4.69) is 15.9 Å². The first-order valence-electron chi connectivity index (χ1n) is 5.83. The summed E-state index contributed by atoms with van der Waals surface area (Å²) < 4.78 is 6.10. The zero-order chi connectivity index (χ0) is 15.4. The number of carbonyl (C=O) groups is 1. The second-order valence-electron chi connectivity index (χ2n) is 4.09. The van der Waals surface area contributed by atoms with E-state index in [1.54, 1.807) is 18.2 Å². The molecule has 0 atom stereocenters. The van der Waals surface area contributed by atoms with Crippen LogP contribution in [0.25, 0.3) is 0 Å². The molecule has 7 heteroatoms. The maximum Gasteiger partial charge on any atom is 0.271 e. The van der Waals surface area contributed by atoms with Gasteiger partial charge in [0.05, 0.1) is 9.95 Å². The maximum atomic E-state index is 12.0. The molecule has 21 heavy (non-hydrogen) atoms. The number of halogens is 2. The molecule has 0 fully saturated rings. The number of nitro groups is 1. The molecule has 0 saturated carbocycles. The fraction of sp³-hybridized carbons (Fsp3) is 0.0714. The molecule has 0 unspecified atom stereocenters. The Hall–Kier alpha value is -1.92. The summed E-state index contributed by atoms with van der Waals surface area (Å²) in [6.07, 6.45) is 0. The van der Waals surface area contributed by atoms with Gasteiger partial charge in [0.15, 0.2) is 12.4 Å². The molecule has 5 nitrogen and oxygen atoms in total. The molecule has 0 saturated heterocycles. The van der Waals surface area contributed by atoms with Crippen LogP contribution >= 0.6 is 27.5 Å². The number of hydrogen-bond acceptors (Lipinski definition) is 4. The fourth-order valence-electron chi connectivity index (χ4n) is 1.61. The van der Waals surface area contributed by atoms with E-state index in [0.29, 0.717) is 5.56 Å². The predicted octanol–water partition coefficient (Wildman–Crippen LogP) is 4.27. The zero-order valence-electron chi connectivity index (χ0n) is 10.6. The highest BCUT2D eigenvalue weighted by molar-refractivity contribution is 9.10. The third-order valence-electron chi connectivity index (χ3n) is 2.63. The monoisotopic (exact) mass is 369 g/mol. The first-order valence-corrected chi connectivity index (χ1v) is 7.00. The molecule has 2 rings (SSSR count). The minimum absolute atomic E-state index is 0.0891. The van der Waals surface area contributed by atoms with Crippen LogP contribution < -0.4 is 4.74 Å². The lowest BCUT2D eigenvalue weighted by Gasteiger charge is -2.07. The highest BCUT2D eigenvalue weighted by Gasteiger charge is 2.12. The van der Waals surface area contributed by atoms with Crippen molar-refractivity contribution >= 4 is 39.0 Å². The van der Waals surface area contributed by atoms with Crippen molar-refractivity contribution in [2.45, 2.75) is 0 Å². The molecular formula is C14H9BrClNO4. The number of Topliss-reactive ketones (excluding diaryl/α,β-unsaturated/α-hetero) is 1. The summed E-state index contributed by atoms with van der Waals surface area (Å²) in [5, 5.41) is 10.7. The average Bonchev–Trinajstić information content (AvgIpc) is 2.45. The maximum absolute atomic E-state index is 12.0. The predicted molar refractivity (Wildman–Crippen MR) is 82.1 cm³/mol. The number of ether oxygens (including phenoxy) is 1. The Labute approximate surface area is 133 Å². The van der Waals surface area contributed by atoms with E-state index in [1.807, 2.05) is 6.07 Å². The molecule has 2 aromatic rings. The van der Waals surface area contributed by atoms with Crippen LogP contribution in [0, 0.1) is 10.1 Å². The fourth-order valence-corrected chi connectivity index (χ4v) is 2.24. The first kappa shape index (κ1) is 15.5. The van der Waals surface area contributed by atoms with Gasteiger partial charge >= 0.3 is 0 Å². The number of rotatable bonds is 5. The van der Waals surface area contributed by atoms with Gasteiger partial charge in [-0.15, -0.1) is 0 Å². The summed E-state index contributed by atoms with van der Waals surface area (Å²) in [6, 6.07) is 10.7. The summed E-state index contributed by atoms with van der Waals surface area (Å²) in [4.78, 5) is 22.0. The summed E-state index contributed by atoms with van der Waals surface area (Å²) in [6.45, 7) is -0.200. The summed E-state index contributed by atoms with van der Waals surface area (Å²) in [5.74, 6) is 0.0105. The van der Waals surface area contributed by atoms with E-state index >= 15 is 0 Å². The number of ketones is 1. The van der Waals surface area contributed by atoms with Gasteiger partial charge in [-0.1, -0.05) is 39.7 Å². The van der Waals surface area contributed by atoms with Gasteiger partial charge in [0.2, 0.25) is 0 Å². The van der Waals surface area contributed by atoms with E-state index < -0.39 is 4.92 Å². The van der Waals surface area contributed by atoms with Gasteiger partial charge in [-0.05, 0) is 18.2 Å². The molecule has 0 amide bonds. The topological polar surface area (TPSA) is 69.4 Å². The lowest BCUT2D eigenvalue weighted by molar-refractivity contribution is -0.384. The first-order chi connectivity index (χ1) is 9.97. The van der Waals surface area contributed by atoms with E-state index in [0.717, 1.165) is 4.47 Å². The Morgan fingerprint density at radius 3 is 2.67 bits per heavy atom. The van der Waals surface area contributed by atoms with Crippen molar-refractivity contribution in [1.82, 2.24) is 0 Å². The molecule has 0 radical (unpaired) electrons. The van der Waals surface area contributed by atoms with E-state index in [-0.39, 0.29) is 28.8 Å². The van der Waals surface area contributed by atoms with E-state index in [1.165, 1.54) is 18.2 Å². The molecule has 0 N–H and O–H groups in total. The van der Waals surface area contributed by atoms with E-state index in [9.17, 15) is 14.9 Å². The second-order valence-corrected chi connectivity index (χ2v) is 5.42. The molecule has 0 heterocycles. The van der Waals surface area contributed by atoms with Gasteiger partial charge in [-0.2, -0.15) is 0 Å². The number of non-ortho nitro benzene ring substituents is 1. The Morgan fingerprint density at radius 1 is 1.29 bits per heavy atom. The highest BCUT2D eigenvalue weighted by Crippen LogP contribution is 2.28. The van der Waals surface area contributed by atoms with Crippen LogP contribution in [-0.2, 0) is 0 Å². The van der Waals surface area contributed by atoms with Crippen LogP contribution in [0.5, 0.6) is 5.75 Å². The molecular weight excluding hydrogens is 362 g/mol. The molecule has 0 aromatic heterocycles. The Morgan fingerprint density at radius 2 is 2.05 bits per heavy atom. The molecule has 0 aliphatic rings. The van der Waals surface area contributed by atoms with E-state index in [4.69, 9.17) is 16.3 Å². The van der Waals surface area contributed by atoms with Crippen molar-refractivity contribution in [3.8, 4) is 5.75 Å². The van der Waals surface area contributed by atoms with Crippen molar-refractivity contribution in [3.63, 3.8) is 0 Å². The molecule has 2 aromatic carbocycles. The molecule has 0 bridgehead atoms. The summed E-state index contributed by atoms with van der Waals surface area (Å²) >= 11 is 9.16. The molecule has 0 aliphatic heterocycles. The summed E-state index contributed by atoms with van der Waals surface area (Å²) in [7, 11) is 0. The normalized spacial score (nSPS) is 10.2. The summed E-state index contributed by atoms with van der Waals surface area (Å²) in [5.41, 5.74) is 0.369. The number of carbonyl (C=O) groups excluding carboxylic acids is 1. The number of nitro benzene ring substituents is 1. The Kier molecular flexibility index (Phi) is 4.93. The third-order valence-corrected chi connectivity index (χ3v) is 3.42.